The van der Waals surface area contributed by atoms with Crippen LogP contribution in [-0.2, 0) is 18.4 Å². The molecule has 0 bridgehead atoms. The maximum absolute atomic E-state index is 15.8. The van der Waals surface area contributed by atoms with Crippen LogP contribution in [0.4, 0.5) is 8.78 Å². The van der Waals surface area contributed by atoms with Crippen molar-refractivity contribution in [2.75, 3.05) is 19.8 Å². The molecule has 0 saturated carbocycles. The van der Waals surface area contributed by atoms with Crippen LogP contribution >= 0.6 is 11.3 Å². The number of carbonyl (C=O) groups excluding carboxylic acids is 1. The number of amides is 1. The third-order valence-corrected chi connectivity index (χ3v) is 8.10. The van der Waals surface area contributed by atoms with Gasteiger partial charge in [-0.05, 0) is 30.5 Å². The Kier molecular flexibility index (Phi) is 6.88. The summed E-state index contributed by atoms with van der Waals surface area (Å²) in [6.45, 7) is 5.96. The zero-order valence-corrected chi connectivity index (χ0v) is 23.2. The number of benzene rings is 1. The first-order valence-corrected chi connectivity index (χ1v) is 13.8. The molecule has 0 fully saturated rings. The van der Waals surface area contributed by atoms with Crippen molar-refractivity contribution in [3.63, 3.8) is 0 Å². The van der Waals surface area contributed by atoms with E-state index in [0.717, 1.165) is 28.8 Å². The molecule has 1 amide bonds. The molecule has 0 aliphatic carbocycles. The van der Waals surface area contributed by atoms with Crippen LogP contribution in [0.2, 0.25) is 0 Å². The average molecular weight is 577 g/mol. The van der Waals surface area contributed by atoms with Gasteiger partial charge in [0.1, 0.15) is 35.4 Å². The third-order valence-electron chi connectivity index (χ3n) is 7.16. The summed E-state index contributed by atoms with van der Waals surface area (Å²) < 4.78 is 40.0. The molecule has 210 valence electrons. The predicted molar refractivity (Wildman–Crippen MR) is 151 cm³/mol. The van der Waals surface area contributed by atoms with Crippen LogP contribution in [0, 0.1) is 11.6 Å². The van der Waals surface area contributed by atoms with E-state index in [-0.39, 0.29) is 36.5 Å². The number of hydrogen-bond donors (Lipinski definition) is 1. The van der Waals surface area contributed by atoms with Crippen molar-refractivity contribution < 1.29 is 23.4 Å². The minimum atomic E-state index is -0.829. The lowest BCUT2D eigenvalue weighted by atomic mass is 9.97. The number of aliphatic hydroxyl groups excluding tert-OH is 1. The van der Waals surface area contributed by atoms with Gasteiger partial charge in [0.2, 0.25) is 5.91 Å². The molecule has 12 heteroatoms. The maximum Gasteiger partial charge on any atom is 0.246 e. The number of rotatable bonds is 7. The van der Waals surface area contributed by atoms with Crippen LogP contribution in [-0.4, -0.2) is 60.2 Å². The van der Waals surface area contributed by atoms with E-state index < -0.39 is 11.6 Å². The fraction of sp³-hybridized carbons (Fsp3) is 0.241. The van der Waals surface area contributed by atoms with E-state index in [1.807, 2.05) is 42.4 Å². The summed E-state index contributed by atoms with van der Waals surface area (Å²) in [5.74, 6) is -1.86. The predicted octanol–water partition coefficient (Wildman–Crippen LogP) is 4.97. The Morgan fingerprint density at radius 1 is 1.24 bits per heavy atom. The van der Waals surface area contributed by atoms with Crippen molar-refractivity contribution in [2.45, 2.75) is 19.5 Å². The summed E-state index contributed by atoms with van der Waals surface area (Å²) in [4.78, 5) is 19.2. The van der Waals surface area contributed by atoms with Crippen LogP contribution in [0.15, 0.2) is 54.7 Å². The lowest BCUT2D eigenvalue weighted by molar-refractivity contribution is -0.129. The molecular formula is C29H26F2N6O3S. The second kappa shape index (κ2) is 10.5. The van der Waals surface area contributed by atoms with Crippen LogP contribution in [0.5, 0.6) is 5.75 Å². The largest absolute Gasteiger partial charge is 0.490 e. The molecule has 1 unspecified atom stereocenters. The molecule has 0 saturated heterocycles. The van der Waals surface area contributed by atoms with Crippen molar-refractivity contribution in [1.29, 1.82) is 0 Å². The van der Waals surface area contributed by atoms with Crippen LogP contribution in [0.3, 0.4) is 0 Å². The number of aryl methyl sites for hydroxylation is 1. The topological polar surface area (TPSA) is 98.3 Å². The van der Waals surface area contributed by atoms with Crippen molar-refractivity contribution in [1.82, 2.24) is 29.4 Å². The molecule has 6 rings (SSSR count). The summed E-state index contributed by atoms with van der Waals surface area (Å²) >= 11 is 1.39. The van der Waals surface area contributed by atoms with Gasteiger partial charge in [-0.25, -0.2) is 13.8 Å². The standard InChI is InChI=1S/C29H26F2N6O3S/c1-4-24(39)36-6-7-37-22(16(36)2)13-21(34-37)28-26(25-20(31)11-18(30)12-23(25)40-9-8-38)29-19(5-10-41-29)27(33-28)17-14-32-35(3)15-17/h4-5,10-16,38H,1,6-9H2,2-3H3. The maximum atomic E-state index is 15.8. The van der Waals surface area contributed by atoms with Gasteiger partial charge in [-0.15, -0.1) is 11.3 Å². The monoisotopic (exact) mass is 576 g/mol. The summed E-state index contributed by atoms with van der Waals surface area (Å²) in [6, 6.07) is 5.37. The Morgan fingerprint density at radius 2 is 2.07 bits per heavy atom. The van der Waals surface area contributed by atoms with E-state index in [4.69, 9.17) is 14.8 Å². The highest BCUT2D eigenvalue weighted by Crippen LogP contribution is 2.47. The van der Waals surface area contributed by atoms with Crippen molar-refractivity contribution in [3.05, 3.63) is 72.0 Å². The van der Waals surface area contributed by atoms with E-state index in [9.17, 15) is 14.3 Å². The second-order valence-electron chi connectivity index (χ2n) is 9.67. The molecule has 1 aromatic carbocycles. The number of pyridine rings is 1. The van der Waals surface area contributed by atoms with E-state index in [2.05, 4.69) is 11.7 Å². The SMILES string of the molecule is C=CC(=O)N1CCn2nc(-c3nc(-c4cnn(C)c4)c4ccsc4c3-c3c(F)cc(F)cc3OCCO)cc2C1C. The Labute approximate surface area is 237 Å². The third kappa shape index (κ3) is 4.58. The fourth-order valence-corrected chi connectivity index (χ4v) is 6.25. The zero-order valence-electron chi connectivity index (χ0n) is 22.3. The Hall–Kier alpha value is -4.42. The molecule has 5 aromatic rings. The number of aliphatic hydroxyl groups is 1. The molecule has 1 aliphatic heterocycles. The molecule has 5 heterocycles. The number of ether oxygens (including phenoxy) is 1. The van der Waals surface area contributed by atoms with Crippen molar-refractivity contribution in [3.8, 4) is 39.5 Å². The average Bonchev–Trinajstić information content (AvgIpc) is 3.71. The Morgan fingerprint density at radius 3 is 2.80 bits per heavy atom. The highest BCUT2D eigenvalue weighted by molar-refractivity contribution is 7.18. The number of halogens is 2. The number of aromatic nitrogens is 5. The first kappa shape index (κ1) is 26.8. The number of fused-ring (bicyclic) bond motifs is 2. The first-order chi connectivity index (χ1) is 19.8. The number of thiophene rings is 1. The lowest BCUT2D eigenvalue weighted by Crippen LogP contribution is -2.40. The molecule has 0 radical (unpaired) electrons. The molecular weight excluding hydrogens is 550 g/mol. The molecule has 1 atom stereocenters. The normalized spacial score (nSPS) is 14.9. The molecule has 1 N–H and O–H groups in total. The summed E-state index contributed by atoms with van der Waals surface area (Å²) in [5.41, 5.74) is 3.45. The number of nitrogens with zero attached hydrogens (tertiary/aromatic N) is 6. The fourth-order valence-electron chi connectivity index (χ4n) is 5.30. The van der Waals surface area contributed by atoms with Gasteiger partial charge >= 0.3 is 0 Å². The van der Waals surface area contributed by atoms with E-state index in [1.54, 1.807) is 15.8 Å². The first-order valence-electron chi connectivity index (χ1n) is 12.9. The van der Waals surface area contributed by atoms with Gasteiger partial charge in [0.25, 0.3) is 0 Å². The van der Waals surface area contributed by atoms with E-state index >= 15 is 4.39 Å². The van der Waals surface area contributed by atoms with E-state index in [0.29, 0.717) is 40.4 Å². The van der Waals surface area contributed by atoms with Gasteiger partial charge in [0.15, 0.2) is 0 Å². The zero-order chi connectivity index (χ0) is 28.8. The highest BCUT2D eigenvalue weighted by atomic mass is 32.1. The number of hydrogen-bond acceptors (Lipinski definition) is 7. The summed E-state index contributed by atoms with van der Waals surface area (Å²) in [5, 5.41) is 21.2. The Bertz CT molecular complexity index is 1810. The van der Waals surface area contributed by atoms with Crippen molar-refractivity contribution >= 4 is 27.3 Å². The van der Waals surface area contributed by atoms with Crippen molar-refractivity contribution in [2.24, 2.45) is 7.05 Å². The minimum absolute atomic E-state index is 0.0232. The second-order valence-corrected chi connectivity index (χ2v) is 10.6. The molecule has 1 aliphatic rings. The van der Waals surface area contributed by atoms with Crippen LogP contribution in [0.25, 0.3) is 43.9 Å². The van der Waals surface area contributed by atoms with Gasteiger partial charge in [0.05, 0.1) is 42.3 Å². The molecule has 9 nitrogen and oxygen atoms in total. The minimum Gasteiger partial charge on any atom is -0.490 e. The van der Waals surface area contributed by atoms with Crippen LogP contribution in [0.1, 0.15) is 18.7 Å². The Balaban J connectivity index is 1.64. The lowest BCUT2D eigenvalue weighted by Gasteiger charge is -2.33. The van der Waals surface area contributed by atoms with Gasteiger partial charge < -0.3 is 14.7 Å². The van der Waals surface area contributed by atoms with Crippen LogP contribution < -0.4 is 4.74 Å². The van der Waals surface area contributed by atoms with Gasteiger partial charge in [0, 0.05) is 53.1 Å². The number of carbonyl (C=O) groups is 1. The molecule has 4 aromatic heterocycles. The van der Waals surface area contributed by atoms with E-state index in [1.165, 1.54) is 17.4 Å². The quantitative estimate of drug-likeness (QED) is 0.275. The van der Waals surface area contributed by atoms with Gasteiger partial charge in [-0.2, -0.15) is 10.2 Å². The van der Waals surface area contributed by atoms with Gasteiger partial charge in [-0.1, -0.05) is 6.58 Å². The smallest absolute Gasteiger partial charge is 0.246 e. The summed E-state index contributed by atoms with van der Waals surface area (Å²) in [6.07, 6.45) is 4.84. The summed E-state index contributed by atoms with van der Waals surface area (Å²) in [7, 11) is 1.81. The molecule has 0 spiro atoms. The van der Waals surface area contributed by atoms with Gasteiger partial charge in [-0.3, -0.25) is 14.2 Å². The molecule has 41 heavy (non-hydrogen) atoms. The highest BCUT2D eigenvalue weighted by Gasteiger charge is 2.31.